The Morgan fingerprint density at radius 1 is 1.09 bits per heavy atom. The Hall–Kier alpha value is -2.68. The second-order valence-corrected chi connectivity index (χ2v) is 10.1. The average Bonchev–Trinajstić information content (AvgIpc) is 3.38. The molecule has 0 bridgehead atoms. The van der Waals surface area contributed by atoms with Crippen LogP contribution in [0, 0.1) is 13.8 Å². The van der Waals surface area contributed by atoms with Crippen LogP contribution < -0.4 is 5.56 Å². The summed E-state index contributed by atoms with van der Waals surface area (Å²) >= 11 is 13.6. The number of hydrogen-bond acceptors (Lipinski definition) is 5. The minimum atomic E-state index is -0.229. The van der Waals surface area contributed by atoms with Gasteiger partial charge in [0.05, 0.1) is 33.4 Å². The number of hydrogen-bond donors (Lipinski definition) is 0. The number of rotatable bonds is 8. The molecule has 0 saturated heterocycles. The van der Waals surface area contributed by atoms with Gasteiger partial charge in [-0.3, -0.25) is 14.0 Å². The van der Waals surface area contributed by atoms with Crippen LogP contribution in [0.4, 0.5) is 0 Å². The number of amides is 1. The molecule has 3 aromatic heterocycles. The largest absolute Gasteiger partial charge is 0.342 e. The topological polar surface area (TPSA) is 72.5 Å². The first-order valence-electron chi connectivity index (χ1n) is 11.5. The van der Waals surface area contributed by atoms with E-state index >= 15 is 0 Å². The molecule has 0 aliphatic carbocycles. The van der Waals surface area contributed by atoms with Crippen LogP contribution in [0.25, 0.3) is 21.9 Å². The second-order valence-electron chi connectivity index (χ2n) is 8.46. The molecule has 0 atom stereocenters. The van der Waals surface area contributed by atoms with Crippen molar-refractivity contribution in [3.05, 3.63) is 67.1 Å². The van der Waals surface area contributed by atoms with Crippen molar-refractivity contribution in [3.8, 4) is 16.9 Å². The van der Waals surface area contributed by atoms with Gasteiger partial charge in [-0.2, -0.15) is 5.10 Å². The third kappa shape index (κ3) is 5.01. The molecule has 4 rings (SSSR count). The van der Waals surface area contributed by atoms with Gasteiger partial charge in [-0.15, -0.1) is 11.3 Å². The lowest BCUT2D eigenvalue weighted by Crippen LogP contribution is -2.34. The van der Waals surface area contributed by atoms with Crippen LogP contribution >= 0.6 is 34.5 Å². The summed E-state index contributed by atoms with van der Waals surface area (Å²) in [6.07, 6.45) is 1.93. The summed E-state index contributed by atoms with van der Waals surface area (Å²) < 4.78 is 3.27. The normalized spacial score (nSPS) is 11.4. The minimum Gasteiger partial charge on any atom is -0.342 e. The van der Waals surface area contributed by atoms with Crippen molar-refractivity contribution in [1.29, 1.82) is 0 Å². The molecule has 0 spiro atoms. The van der Waals surface area contributed by atoms with Crippen LogP contribution in [-0.4, -0.2) is 43.1 Å². The van der Waals surface area contributed by atoms with Gasteiger partial charge >= 0.3 is 0 Å². The van der Waals surface area contributed by atoms with Gasteiger partial charge in [0.15, 0.2) is 4.96 Å². The third-order valence-corrected chi connectivity index (χ3v) is 7.40. The summed E-state index contributed by atoms with van der Waals surface area (Å²) in [7, 11) is 0. The zero-order valence-electron chi connectivity index (χ0n) is 20.1. The Morgan fingerprint density at radius 3 is 2.46 bits per heavy atom. The van der Waals surface area contributed by atoms with Crippen molar-refractivity contribution >= 4 is 45.4 Å². The Bertz CT molecular complexity index is 1450. The standard InChI is InChI=1S/C25H27Cl2N5O2S/c1-5-9-30(10-6-2)22(33)13-18-14-35-25-28-16(4)23(24(34)31(18)25)21-11-15(3)32(29-21)17-7-8-19(26)20(27)12-17/h7-8,11-12,14H,5-6,9-10,13H2,1-4H3. The lowest BCUT2D eigenvalue weighted by Gasteiger charge is -2.21. The third-order valence-electron chi connectivity index (χ3n) is 5.78. The van der Waals surface area contributed by atoms with Crippen LogP contribution in [0.2, 0.25) is 10.0 Å². The van der Waals surface area contributed by atoms with Crippen LogP contribution in [0.5, 0.6) is 0 Å². The van der Waals surface area contributed by atoms with Crippen LogP contribution in [0.3, 0.4) is 0 Å². The van der Waals surface area contributed by atoms with Gasteiger partial charge < -0.3 is 4.90 Å². The maximum Gasteiger partial charge on any atom is 0.268 e. The fraction of sp³-hybridized carbons (Fsp3) is 0.360. The van der Waals surface area contributed by atoms with E-state index in [2.05, 4.69) is 18.8 Å². The van der Waals surface area contributed by atoms with Gasteiger partial charge in [0.2, 0.25) is 5.91 Å². The zero-order chi connectivity index (χ0) is 25.3. The van der Waals surface area contributed by atoms with E-state index < -0.39 is 0 Å². The first kappa shape index (κ1) is 25.4. The zero-order valence-corrected chi connectivity index (χ0v) is 22.5. The van der Waals surface area contributed by atoms with Crippen molar-refractivity contribution in [3.63, 3.8) is 0 Å². The molecule has 10 heteroatoms. The highest BCUT2D eigenvalue weighted by Gasteiger charge is 2.21. The molecule has 1 amide bonds. The SMILES string of the molecule is CCCN(CCC)C(=O)Cc1csc2nc(C)c(-c3cc(C)n(-c4ccc(Cl)c(Cl)c4)n3)c(=O)n12. The van der Waals surface area contributed by atoms with Gasteiger partial charge in [0.1, 0.15) is 5.69 Å². The summed E-state index contributed by atoms with van der Waals surface area (Å²) in [4.78, 5) is 33.8. The predicted molar refractivity (Wildman–Crippen MR) is 142 cm³/mol. The Balaban J connectivity index is 1.77. The van der Waals surface area contributed by atoms with Crippen molar-refractivity contribution in [1.82, 2.24) is 24.1 Å². The van der Waals surface area contributed by atoms with Crippen molar-refractivity contribution < 1.29 is 4.79 Å². The second kappa shape index (κ2) is 10.5. The molecule has 0 saturated carbocycles. The monoisotopic (exact) mass is 531 g/mol. The number of aromatic nitrogens is 4. The first-order chi connectivity index (χ1) is 16.7. The Morgan fingerprint density at radius 2 is 1.80 bits per heavy atom. The summed E-state index contributed by atoms with van der Waals surface area (Å²) in [6, 6.07) is 7.11. The van der Waals surface area contributed by atoms with E-state index in [1.54, 1.807) is 28.1 Å². The Kier molecular flexibility index (Phi) is 7.64. The fourth-order valence-electron chi connectivity index (χ4n) is 4.17. The molecular weight excluding hydrogens is 505 g/mol. The van der Waals surface area contributed by atoms with Crippen LogP contribution in [-0.2, 0) is 11.2 Å². The van der Waals surface area contributed by atoms with Gasteiger partial charge in [0, 0.05) is 29.9 Å². The molecule has 0 fully saturated rings. The maximum atomic E-state index is 13.7. The molecule has 0 N–H and O–H groups in total. The van der Waals surface area contributed by atoms with Crippen molar-refractivity contribution in [2.24, 2.45) is 0 Å². The van der Waals surface area contributed by atoms with E-state index in [1.807, 2.05) is 29.3 Å². The van der Waals surface area contributed by atoms with E-state index in [0.717, 1.165) is 24.2 Å². The maximum absolute atomic E-state index is 13.7. The fourth-order valence-corrected chi connectivity index (χ4v) is 5.38. The highest BCUT2D eigenvalue weighted by Crippen LogP contribution is 2.27. The molecule has 7 nitrogen and oxygen atoms in total. The van der Waals surface area contributed by atoms with Gasteiger partial charge in [-0.05, 0) is 51.0 Å². The highest BCUT2D eigenvalue weighted by atomic mass is 35.5. The molecule has 1 aromatic carbocycles. The Labute approximate surface area is 217 Å². The predicted octanol–water partition coefficient (Wildman–Crippen LogP) is 5.72. The molecule has 0 unspecified atom stereocenters. The highest BCUT2D eigenvalue weighted by molar-refractivity contribution is 7.15. The summed E-state index contributed by atoms with van der Waals surface area (Å²) in [6.45, 7) is 9.23. The number of halogens is 2. The molecule has 184 valence electrons. The van der Waals surface area contributed by atoms with Gasteiger partial charge in [0.25, 0.3) is 5.56 Å². The molecule has 35 heavy (non-hydrogen) atoms. The summed E-state index contributed by atoms with van der Waals surface area (Å²) in [5, 5.41) is 7.42. The van der Waals surface area contributed by atoms with E-state index in [1.165, 1.54) is 11.3 Å². The number of nitrogens with zero attached hydrogens (tertiary/aromatic N) is 5. The van der Waals surface area contributed by atoms with Crippen LogP contribution in [0.1, 0.15) is 43.8 Å². The number of carbonyl (C=O) groups is 1. The number of thiazole rings is 1. The molecule has 0 radical (unpaired) electrons. The lowest BCUT2D eigenvalue weighted by molar-refractivity contribution is -0.130. The average molecular weight is 532 g/mol. The van der Waals surface area contributed by atoms with E-state index in [9.17, 15) is 9.59 Å². The van der Waals surface area contributed by atoms with E-state index in [0.29, 0.717) is 50.7 Å². The lowest BCUT2D eigenvalue weighted by atomic mass is 10.1. The molecule has 4 aromatic rings. The van der Waals surface area contributed by atoms with Crippen LogP contribution in [0.15, 0.2) is 34.4 Å². The first-order valence-corrected chi connectivity index (χ1v) is 13.2. The molecule has 0 aliphatic rings. The van der Waals surface area contributed by atoms with Gasteiger partial charge in [-0.25, -0.2) is 9.67 Å². The minimum absolute atomic E-state index is 0.0159. The van der Waals surface area contributed by atoms with Crippen molar-refractivity contribution in [2.75, 3.05) is 13.1 Å². The number of fused-ring (bicyclic) bond motifs is 1. The summed E-state index contributed by atoms with van der Waals surface area (Å²) in [5.74, 6) is 0.0159. The summed E-state index contributed by atoms with van der Waals surface area (Å²) in [5.41, 5.74) is 3.50. The van der Waals surface area contributed by atoms with Crippen molar-refractivity contribution in [2.45, 2.75) is 47.0 Å². The number of benzene rings is 1. The molecule has 0 aliphatic heterocycles. The smallest absolute Gasteiger partial charge is 0.268 e. The number of aryl methyl sites for hydroxylation is 2. The van der Waals surface area contributed by atoms with E-state index in [-0.39, 0.29) is 17.9 Å². The van der Waals surface area contributed by atoms with E-state index in [4.69, 9.17) is 28.3 Å². The quantitative estimate of drug-likeness (QED) is 0.291. The van der Waals surface area contributed by atoms with Gasteiger partial charge in [-0.1, -0.05) is 37.0 Å². The molecular formula is C25H27Cl2N5O2S. The molecule has 3 heterocycles. The number of carbonyl (C=O) groups excluding carboxylic acids is 1.